The molecule has 2 unspecified atom stereocenters. The molecule has 1 amide bonds. The van der Waals surface area contributed by atoms with Crippen molar-refractivity contribution >= 4 is 17.2 Å². The molecule has 0 spiro atoms. The van der Waals surface area contributed by atoms with Crippen molar-refractivity contribution in [1.29, 1.82) is 0 Å². The molecule has 0 aromatic carbocycles. The second-order valence-corrected chi connectivity index (χ2v) is 5.90. The summed E-state index contributed by atoms with van der Waals surface area (Å²) in [4.78, 5) is 13.3. The van der Waals surface area contributed by atoms with E-state index in [0.29, 0.717) is 6.54 Å². The van der Waals surface area contributed by atoms with Crippen molar-refractivity contribution in [3.05, 3.63) is 46.5 Å². The van der Waals surface area contributed by atoms with Crippen molar-refractivity contribution in [2.45, 2.75) is 38.9 Å². The zero-order valence-electron chi connectivity index (χ0n) is 11.8. The van der Waals surface area contributed by atoms with Crippen LogP contribution in [0.1, 0.15) is 24.5 Å². The highest BCUT2D eigenvalue weighted by atomic mass is 32.1. The Morgan fingerprint density at radius 1 is 1.35 bits per heavy atom. The molecule has 0 fully saturated rings. The van der Waals surface area contributed by atoms with Gasteiger partial charge in [0.1, 0.15) is 5.76 Å². The number of thiophene rings is 1. The standard InChI is InChI=1S/C15H20N2O2S/c1-11(9-14-6-4-8-20-14)17-12(2)15(18)16-10-13-5-3-7-19-13/h3-8,11-12,17H,9-10H2,1-2H3,(H,16,18). The largest absolute Gasteiger partial charge is 0.467 e. The van der Waals surface area contributed by atoms with Crippen LogP contribution < -0.4 is 10.6 Å². The molecule has 108 valence electrons. The third-order valence-corrected chi connectivity index (χ3v) is 3.93. The van der Waals surface area contributed by atoms with Crippen LogP contribution in [0.5, 0.6) is 0 Å². The van der Waals surface area contributed by atoms with Crippen LogP contribution in [0.2, 0.25) is 0 Å². The van der Waals surface area contributed by atoms with Crippen LogP contribution >= 0.6 is 11.3 Å². The molecule has 0 aliphatic carbocycles. The molecule has 2 rings (SSSR count). The van der Waals surface area contributed by atoms with E-state index in [0.717, 1.165) is 12.2 Å². The summed E-state index contributed by atoms with van der Waals surface area (Å²) in [5.74, 6) is 0.747. The lowest BCUT2D eigenvalue weighted by atomic mass is 10.2. The second kappa shape index (κ2) is 7.26. The van der Waals surface area contributed by atoms with Gasteiger partial charge in [-0.1, -0.05) is 6.07 Å². The fourth-order valence-corrected chi connectivity index (χ4v) is 2.87. The van der Waals surface area contributed by atoms with Crippen molar-refractivity contribution in [2.75, 3.05) is 0 Å². The molecule has 5 heteroatoms. The summed E-state index contributed by atoms with van der Waals surface area (Å²) in [6.45, 7) is 4.40. The normalized spacial score (nSPS) is 13.9. The van der Waals surface area contributed by atoms with Gasteiger partial charge in [-0.25, -0.2) is 0 Å². The molecule has 2 aromatic rings. The van der Waals surface area contributed by atoms with Gasteiger partial charge in [-0.15, -0.1) is 11.3 Å². The first kappa shape index (κ1) is 14.8. The van der Waals surface area contributed by atoms with E-state index in [-0.39, 0.29) is 18.0 Å². The van der Waals surface area contributed by atoms with Gasteiger partial charge in [0, 0.05) is 10.9 Å². The lowest BCUT2D eigenvalue weighted by Gasteiger charge is -2.19. The smallest absolute Gasteiger partial charge is 0.237 e. The molecule has 0 aliphatic heterocycles. The first-order valence-electron chi connectivity index (χ1n) is 6.73. The van der Waals surface area contributed by atoms with Gasteiger partial charge in [-0.05, 0) is 43.8 Å². The number of hydrogen-bond donors (Lipinski definition) is 2. The Bertz CT molecular complexity index is 508. The number of furan rings is 1. The van der Waals surface area contributed by atoms with E-state index in [1.165, 1.54) is 4.88 Å². The highest BCUT2D eigenvalue weighted by Crippen LogP contribution is 2.11. The van der Waals surface area contributed by atoms with Crippen LogP contribution in [-0.2, 0) is 17.8 Å². The van der Waals surface area contributed by atoms with Gasteiger partial charge in [0.25, 0.3) is 0 Å². The van der Waals surface area contributed by atoms with E-state index in [1.807, 2.05) is 25.1 Å². The maximum absolute atomic E-state index is 12.0. The summed E-state index contributed by atoms with van der Waals surface area (Å²) in [5, 5.41) is 8.24. The fourth-order valence-electron chi connectivity index (χ4n) is 2.03. The molecule has 2 N–H and O–H groups in total. The van der Waals surface area contributed by atoms with Gasteiger partial charge in [0.05, 0.1) is 18.8 Å². The number of rotatable bonds is 7. The van der Waals surface area contributed by atoms with Crippen molar-refractivity contribution < 1.29 is 9.21 Å². The van der Waals surface area contributed by atoms with E-state index in [9.17, 15) is 4.79 Å². The Balaban J connectivity index is 1.72. The Kier molecular flexibility index (Phi) is 5.38. The number of hydrogen-bond acceptors (Lipinski definition) is 4. The van der Waals surface area contributed by atoms with Crippen molar-refractivity contribution in [3.63, 3.8) is 0 Å². The maximum atomic E-state index is 12.0. The minimum atomic E-state index is -0.222. The molecular formula is C15H20N2O2S. The minimum absolute atomic E-state index is 0.0144. The van der Waals surface area contributed by atoms with E-state index < -0.39 is 0 Å². The number of nitrogens with one attached hydrogen (secondary N) is 2. The fraction of sp³-hybridized carbons (Fsp3) is 0.400. The monoisotopic (exact) mass is 292 g/mol. The van der Waals surface area contributed by atoms with E-state index in [2.05, 4.69) is 29.0 Å². The molecule has 4 nitrogen and oxygen atoms in total. The third kappa shape index (κ3) is 4.51. The third-order valence-electron chi connectivity index (χ3n) is 3.03. The van der Waals surface area contributed by atoms with E-state index >= 15 is 0 Å². The Labute approximate surface area is 123 Å². The average molecular weight is 292 g/mol. The van der Waals surface area contributed by atoms with Crippen LogP contribution in [0.3, 0.4) is 0 Å². The summed E-state index contributed by atoms with van der Waals surface area (Å²) in [6.07, 6.45) is 2.54. The number of amides is 1. The van der Waals surface area contributed by atoms with Gasteiger partial charge in [-0.2, -0.15) is 0 Å². The Morgan fingerprint density at radius 3 is 2.85 bits per heavy atom. The molecule has 2 aromatic heterocycles. The predicted octanol–water partition coefficient (Wildman–Crippen LogP) is 2.57. The lowest BCUT2D eigenvalue weighted by Crippen LogP contribution is -2.46. The molecule has 0 aliphatic rings. The Hall–Kier alpha value is -1.59. The summed E-state index contributed by atoms with van der Waals surface area (Å²) in [6, 6.07) is 7.86. The first-order chi connectivity index (χ1) is 9.65. The van der Waals surface area contributed by atoms with Crippen LogP contribution in [0.4, 0.5) is 0 Å². The van der Waals surface area contributed by atoms with Gasteiger partial charge in [0.2, 0.25) is 5.91 Å². The SMILES string of the molecule is CC(Cc1cccs1)NC(C)C(=O)NCc1ccco1. The molecule has 0 saturated carbocycles. The molecular weight excluding hydrogens is 272 g/mol. The maximum Gasteiger partial charge on any atom is 0.237 e. The van der Waals surface area contributed by atoms with E-state index in [1.54, 1.807) is 17.6 Å². The lowest BCUT2D eigenvalue weighted by molar-refractivity contribution is -0.123. The van der Waals surface area contributed by atoms with Gasteiger partial charge in [0.15, 0.2) is 0 Å². The zero-order chi connectivity index (χ0) is 14.4. The van der Waals surface area contributed by atoms with Crippen LogP contribution in [0, 0.1) is 0 Å². The number of carbonyl (C=O) groups excluding carboxylic acids is 1. The summed E-state index contributed by atoms with van der Waals surface area (Å²) in [7, 11) is 0. The summed E-state index contributed by atoms with van der Waals surface area (Å²) < 4.78 is 5.18. The highest BCUT2D eigenvalue weighted by molar-refractivity contribution is 7.09. The molecule has 2 heterocycles. The summed E-state index contributed by atoms with van der Waals surface area (Å²) in [5.41, 5.74) is 0. The molecule has 0 bridgehead atoms. The van der Waals surface area contributed by atoms with Crippen molar-refractivity contribution in [3.8, 4) is 0 Å². The van der Waals surface area contributed by atoms with Gasteiger partial charge in [-0.3, -0.25) is 4.79 Å². The molecule has 2 atom stereocenters. The quantitative estimate of drug-likeness (QED) is 0.824. The van der Waals surface area contributed by atoms with Crippen molar-refractivity contribution in [1.82, 2.24) is 10.6 Å². The van der Waals surface area contributed by atoms with Crippen LogP contribution in [0.25, 0.3) is 0 Å². The molecule has 20 heavy (non-hydrogen) atoms. The highest BCUT2D eigenvalue weighted by Gasteiger charge is 2.15. The van der Waals surface area contributed by atoms with Crippen molar-refractivity contribution in [2.24, 2.45) is 0 Å². The zero-order valence-corrected chi connectivity index (χ0v) is 12.6. The predicted molar refractivity (Wildman–Crippen MR) is 80.6 cm³/mol. The average Bonchev–Trinajstić information content (AvgIpc) is 3.08. The molecule has 0 saturated heterocycles. The Morgan fingerprint density at radius 2 is 2.20 bits per heavy atom. The molecule has 0 radical (unpaired) electrons. The second-order valence-electron chi connectivity index (χ2n) is 4.87. The van der Waals surface area contributed by atoms with Crippen LogP contribution in [0.15, 0.2) is 40.3 Å². The van der Waals surface area contributed by atoms with Crippen LogP contribution in [-0.4, -0.2) is 18.0 Å². The van der Waals surface area contributed by atoms with Gasteiger partial charge < -0.3 is 15.1 Å². The minimum Gasteiger partial charge on any atom is -0.467 e. The van der Waals surface area contributed by atoms with E-state index in [4.69, 9.17) is 4.42 Å². The summed E-state index contributed by atoms with van der Waals surface area (Å²) >= 11 is 1.74. The number of carbonyl (C=O) groups is 1. The topological polar surface area (TPSA) is 54.3 Å². The first-order valence-corrected chi connectivity index (χ1v) is 7.61. The van der Waals surface area contributed by atoms with Gasteiger partial charge >= 0.3 is 0 Å².